The summed E-state index contributed by atoms with van der Waals surface area (Å²) < 4.78 is 4.79. The number of hydrogen-bond donors (Lipinski definition) is 0. The molecule has 0 aliphatic carbocycles. The number of nitrogens with zero attached hydrogens (tertiary/aromatic N) is 6. The van der Waals surface area contributed by atoms with Crippen LogP contribution in [0.15, 0.2) is 206 Å². The Labute approximate surface area is 471 Å². The first-order valence-electron chi connectivity index (χ1n) is 28.8. The van der Waals surface area contributed by atoms with E-state index in [2.05, 4.69) is 247 Å². The minimum atomic E-state index is 0.517. The Kier molecular flexibility index (Phi) is 14.4. The van der Waals surface area contributed by atoms with E-state index in [0.717, 1.165) is 127 Å². The second kappa shape index (κ2) is 22.2. The number of fused-ring (bicyclic) bond motifs is 3. The third-order valence-corrected chi connectivity index (χ3v) is 15.3. The minimum Gasteiger partial charge on any atom is -0.292 e. The molecule has 0 saturated heterocycles. The molecule has 6 heteroatoms. The van der Waals surface area contributed by atoms with E-state index in [4.69, 9.17) is 19.9 Å². The lowest BCUT2D eigenvalue weighted by Gasteiger charge is -2.15. The summed E-state index contributed by atoms with van der Waals surface area (Å²) in [6.07, 6.45) is 3.94. The van der Waals surface area contributed by atoms with Gasteiger partial charge in [-0.2, -0.15) is 0 Å². The highest BCUT2D eigenvalue weighted by Gasteiger charge is 2.24. The fraction of sp³-hybridized carbons (Fsp3) is 0.216. The Morgan fingerprint density at radius 2 is 0.550 bits per heavy atom. The first-order chi connectivity index (χ1) is 38.9. The second-order valence-electron chi connectivity index (χ2n) is 23.5. The summed E-state index contributed by atoms with van der Waals surface area (Å²) in [5.41, 5.74) is 24.4. The van der Waals surface area contributed by atoms with Gasteiger partial charge in [0.25, 0.3) is 0 Å². The van der Waals surface area contributed by atoms with Gasteiger partial charge in [0.15, 0.2) is 0 Å². The van der Waals surface area contributed by atoms with E-state index in [1.807, 2.05) is 24.3 Å². The van der Waals surface area contributed by atoms with Gasteiger partial charge in [-0.1, -0.05) is 225 Å². The predicted octanol–water partition coefficient (Wildman–Crippen LogP) is 19.1. The van der Waals surface area contributed by atoms with E-state index < -0.39 is 0 Å². The minimum absolute atomic E-state index is 0.517. The molecule has 0 bridgehead atoms. The van der Waals surface area contributed by atoms with Crippen molar-refractivity contribution in [2.24, 2.45) is 23.7 Å². The van der Waals surface area contributed by atoms with E-state index in [1.54, 1.807) is 0 Å². The highest BCUT2D eigenvalue weighted by molar-refractivity contribution is 5.91. The Morgan fingerprint density at radius 1 is 0.275 bits per heavy atom. The largest absolute Gasteiger partial charge is 0.292 e. The quantitative estimate of drug-likeness (QED) is 0.0967. The molecule has 80 heavy (non-hydrogen) atoms. The maximum Gasteiger partial charge on any atom is 0.145 e. The van der Waals surface area contributed by atoms with Crippen LogP contribution < -0.4 is 0 Å². The van der Waals surface area contributed by atoms with Crippen LogP contribution in [-0.4, -0.2) is 29.1 Å². The van der Waals surface area contributed by atoms with Gasteiger partial charge in [0.1, 0.15) is 11.6 Å². The molecule has 0 saturated carbocycles. The van der Waals surface area contributed by atoms with Gasteiger partial charge in [-0.25, -0.2) is 19.9 Å². The normalized spacial score (nSPS) is 11.9. The molecule has 3 aromatic heterocycles. The zero-order valence-electron chi connectivity index (χ0n) is 47.5. The third kappa shape index (κ3) is 10.4. The van der Waals surface area contributed by atoms with Crippen molar-refractivity contribution >= 4 is 33.1 Å². The molecule has 3 heterocycles. The summed E-state index contributed by atoms with van der Waals surface area (Å²) in [6, 6.07) is 74.3. The van der Waals surface area contributed by atoms with E-state index in [1.165, 1.54) is 33.3 Å². The lowest BCUT2D eigenvalue weighted by atomic mass is 9.96. The monoisotopic (exact) mass is 1040 g/mol. The van der Waals surface area contributed by atoms with Crippen LogP contribution in [0.25, 0.3) is 112 Å². The van der Waals surface area contributed by atoms with Crippen molar-refractivity contribution in [3.05, 3.63) is 229 Å². The summed E-state index contributed by atoms with van der Waals surface area (Å²) in [4.78, 5) is 21.6. The lowest BCUT2D eigenvalue weighted by Crippen LogP contribution is -2.03. The van der Waals surface area contributed by atoms with Crippen molar-refractivity contribution in [3.63, 3.8) is 0 Å². The Hall–Kier alpha value is -8.74. The number of imidazole rings is 2. The Balaban J connectivity index is 0.852. The van der Waals surface area contributed by atoms with Crippen LogP contribution in [0.4, 0.5) is 0 Å². The molecule has 0 fully saturated rings. The molecular formula is C74H70N6. The Morgan fingerprint density at radius 3 is 0.875 bits per heavy atom. The van der Waals surface area contributed by atoms with Crippen molar-refractivity contribution in [3.8, 4) is 78.9 Å². The highest BCUT2D eigenvalue weighted by atomic mass is 15.1. The topological polar surface area (TPSA) is 61.4 Å². The predicted molar refractivity (Wildman–Crippen MR) is 336 cm³/mol. The fourth-order valence-corrected chi connectivity index (χ4v) is 11.7. The summed E-state index contributed by atoms with van der Waals surface area (Å²) in [5, 5.41) is 0. The molecule has 0 aliphatic heterocycles. The first kappa shape index (κ1) is 52.0. The molecule has 6 nitrogen and oxygen atoms in total. The maximum atomic E-state index is 5.50. The van der Waals surface area contributed by atoms with Crippen molar-refractivity contribution in [2.75, 3.05) is 0 Å². The fourth-order valence-electron chi connectivity index (χ4n) is 11.7. The molecule has 9 aromatic carbocycles. The summed E-state index contributed by atoms with van der Waals surface area (Å²) >= 11 is 0. The lowest BCUT2D eigenvalue weighted by molar-refractivity contribution is 0.643. The Bertz CT molecular complexity index is 3860. The first-order valence-corrected chi connectivity index (χ1v) is 28.8. The number of hydrogen-bond acceptors (Lipinski definition) is 4. The molecule has 0 spiro atoms. The van der Waals surface area contributed by atoms with Gasteiger partial charge in [-0.3, -0.25) is 9.13 Å². The van der Waals surface area contributed by atoms with Crippen LogP contribution in [0.5, 0.6) is 0 Å². The number of rotatable bonds is 16. The molecule has 12 rings (SSSR count). The molecule has 0 unspecified atom stereocenters. The van der Waals surface area contributed by atoms with Gasteiger partial charge < -0.3 is 0 Å². The number of aromatic nitrogens is 6. The van der Waals surface area contributed by atoms with E-state index in [9.17, 15) is 0 Å². The molecule has 0 N–H and O–H groups in total. The maximum absolute atomic E-state index is 5.50. The van der Waals surface area contributed by atoms with Gasteiger partial charge in [-0.05, 0) is 130 Å². The third-order valence-electron chi connectivity index (χ3n) is 15.3. The average Bonchev–Trinajstić information content (AvgIpc) is 4.12. The van der Waals surface area contributed by atoms with Gasteiger partial charge in [0.2, 0.25) is 0 Å². The van der Waals surface area contributed by atoms with Crippen LogP contribution in [0.1, 0.15) is 77.6 Å². The van der Waals surface area contributed by atoms with Crippen molar-refractivity contribution in [1.29, 1.82) is 0 Å². The van der Waals surface area contributed by atoms with Gasteiger partial charge in [0.05, 0.1) is 44.5 Å². The molecule has 12 aromatic rings. The SMILES string of the molecule is CC(C)Cc1ccc(CC(C)C)c2c1nc(-c1ccc(-c3ccc(-c4nc5ccccc5nc4-c4ccc(-c5ccc(-c6nc7c(CC(C)C)ccc(CC(C)C)c7n6-c6ccccc6)cc5)cc4)cc3)cc1)n2-c1ccccc1. The molecule has 0 atom stereocenters. The molecule has 396 valence electrons. The van der Waals surface area contributed by atoms with Gasteiger partial charge >= 0.3 is 0 Å². The van der Waals surface area contributed by atoms with E-state index >= 15 is 0 Å². The number of para-hydroxylation sites is 4. The molecular weight excluding hydrogens is 973 g/mol. The summed E-state index contributed by atoms with van der Waals surface area (Å²) in [5.74, 6) is 4.00. The van der Waals surface area contributed by atoms with Crippen molar-refractivity contribution < 1.29 is 0 Å². The highest BCUT2D eigenvalue weighted by Crippen LogP contribution is 2.39. The van der Waals surface area contributed by atoms with E-state index in [-0.39, 0.29) is 0 Å². The van der Waals surface area contributed by atoms with E-state index in [0.29, 0.717) is 23.7 Å². The standard InChI is InChI=1S/C74H70N6/c1-47(2)43-59-39-41-61(45-49(5)6)71-69(59)77-73(79(71)63-17-11-9-12-18-63)57-35-27-53(28-36-57)51-23-31-55(32-24-51)67-68(76-66-22-16-15-21-65(66)75-67)56-33-25-52(26-34-56)54-29-37-58(38-30-54)74-78-70-60(44-48(3)4)40-42-62(46-50(7)8)72(70)80(74)64-19-13-10-14-20-64/h9-42,47-50H,43-46H2,1-8H3. The summed E-state index contributed by atoms with van der Waals surface area (Å²) in [7, 11) is 0. The van der Waals surface area contributed by atoms with Gasteiger partial charge in [0, 0.05) is 33.6 Å². The zero-order chi connectivity index (χ0) is 55.0. The van der Waals surface area contributed by atoms with Crippen LogP contribution in [-0.2, 0) is 25.7 Å². The smallest absolute Gasteiger partial charge is 0.145 e. The van der Waals surface area contributed by atoms with Crippen LogP contribution in [0.3, 0.4) is 0 Å². The second-order valence-corrected chi connectivity index (χ2v) is 23.5. The van der Waals surface area contributed by atoms with Crippen LogP contribution in [0.2, 0.25) is 0 Å². The molecule has 0 aliphatic rings. The van der Waals surface area contributed by atoms with Crippen LogP contribution >= 0.6 is 0 Å². The summed E-state index contributed by atoms with van der Waals surface area (Å²) in [6.45, 7) is 18.3. The van der Waals surface area contributed by atoms with Crippen molar-refractivity contribution in [1.82, 2.24) is 29.1 Å². The van der Waals surface area contributed by atoms with Gasteiger partial charge in [-0.15, -0.1) is 0 Å². The zero-order valence-corrected chi connectivity index (χ0v) is 47.5. The molecule has 0 radical (unpaired) electrons. The molecule has 0 amide bonds. The van der Waals surface area contributed by atoms with Crippen LogP contribution in [0, 0.1) is 23.7 Å². The average molecular weight is 1040 g/mol. The number of benzene rings is 9. The van der Waals surface area contributed by atoms with Crippen molar-refractivity contribution in [2.45, 2.75) is 81.1 Å².